The van der Waals surface area contributed by atoms with Crippen molar-refractivity contribution < 1.29 is 4.39 Å². The van der Waals surface area contributed by atoms with Gasteiger partial charge in [-0.25, -0.2) is 24.3 Å². The maximum Gasteiger partial charge on any atom is 0.266 e. The van der Waals surface area contributed by atoms with Gasteiger partial charge in [0.25, 0.3) is 5.56 Å². The molecule has 3 aromatic heterocycles. The minimum Gasteiger partial charge on any atom is -0.358 e. The number of aromatic amines is 1. The second-order valence-electron chi connectivity index (χ2n) is 7.06. The molecule has 5 aromatic rings. The predicted molar refractivity (Wildman–Crippen MR) is 121 cm³/mol. The fourth-order valence-corrected chi connectivity index (χ4v) is 3.99. The SMILES string of the molecule is CC(Nc1ncnc2[nH]cnc12)c1nc2ccc(F)cc2c(=O)n1-c1ccc(Cl)cc1Cl. The number of hydrogen-bond donors (Lipinski definition) is 2. The van der Waals surface area contributed by atoms with Crippen molar-refractivity contribution in [3.05, 3.63) is 81.1 Å². The van der Waals surface area contributed by atoms with Crippen LogP contribution in [0.3, 0.4) is 0 Å². The summed E-state index contributed by atoms with van der Waals surface area (Å²) in [6, 6.07) is 8.13. The molecule has 8 nitrogen and oxygen atoms in total. The molecule has 0 spiro atoms. The van der Waals surface area contributed by atoms with Crippen molar-refractivity contribution in [2.75, 3.05) is 5.32 Å². The summed E-state index contributed by atoms with van der Waals surface area (Å²) in [5.41, 5.74) is 1.37. The second kappa shape index (κ2) is 7.85. The molecule has 1 atom stereocenters. The fourth-order valence-electron chi connectivity index (χ4n) is 3.50. The number of fused-ring (bicyclic) bond motifs is 2. The van der Waals surface area contributed by atoms with Gasteiger partial charge in [0.15, 0.2) is 11.5 Å². The summed E-state index contributed by atoms with van der Waals surface area (Å²) in [4.78, 5) is 33.7. The van der Waals surface area contributed by atoms with Crippen LogP contribution in [0.15, 0.2) is 53.8 Å². The quantitative estimate of drug-likeness (QED) is 0.396. The number of hydrogen-bond acceptors (Lipinski definition) is 6. The molecule has 3 heterocycles. The van der Waals surface area contributed by atoms with E-state index in [4.69, 9.17) is 23.2 Å². The highest BCUT2D eigenvalue weighted by Crippen LogP contribution is 2.28. The van der Waals surface area contributed by atoms with Crippen LogP contribution in [-0.2, 0) is 0 Å². The lowest BCUT2D eigenvalue weighted by Crippen LogP contribution is -2.27. The average Bonchev–Trinajstić information content (AvgIpc) is 3.25. The Labute approximate surface area is 190 Å². The number of nitrogens with one attached hydrogen (secondary N) is 2. The standard InChI is InChI=1S/C21H14Cl2FN7O/c1-10(29-19-17-18(26-8-25-17)27-9-28-19)20-30-15-4-3-12(24)7-13(15)21(32)31(20)16-5-2-11(22)6-14(16)23/h2-10H,1H3,(H2,25,26,27,28,29). The van der Waals surface area contributed by atoms with E-state index >= 15 is 0 Å². The van der Waals surface area contributed by atoms with Crippen LogP contribution < -0.4 is 10.9 Å². The number of anilines is 1. The number of H-pyrrole nitrogens is 1. The van der Waals surface area contributed by atoms with E-state index in [9.17, 15) is 9.18 Å². The first kappa shape index (κ1) is 20.3. The smallest absolute Gasteiger partial charge is 0.266 e. The van der Waals surface area contributed by atoms with Gasteiger partial charge in [-0.3, -0.25) is 9.36 Å². The van der Waals surface area contributed by atoms with Gasteiger partial charge in [0.05, 0.1) is 34.0 Å². The van der Waals surface area contributed by atoms with Crippen molar-refractivity contribution in [1.29, 1.82) is 0 Å². The predicted octanol–water partition coefficient (Wildman–Crippen LogP) is 4.67. The molecule has 11 heteroatoms. The molecule has 160 valence electrons. The number of nitrogens with zero attached hydrogens (tertiary/aromatic N) is 5. The average molecular weight is 470 g/mol. The minimum absolute atomic E-state index is 0.128. The van der Waals surface area contributed by atoms with Gasteiger partial charge < -0.3 is 10.3 Å². The number of benzene rings is 2. The maximum absolute atomic E-state index is 13.9. The zero-order chi connectivity index (χ0) is 22.4. The normalized spacial score (nSPS) is 12.4. The Balaban J connectivity index is 1.73. The summed E-state index contributed by atoms with van der Waals surface area (Å²) in [6.07, 6.45) is 2.91. The van der Waals surface area contributed by atoms with Crippen LogP contribution in [0.1, 0.15) is 18.8 Å². The van der Waals surface area contributed by atoms with E-state index in [2.05, 4.69) is 30.2 Å². The zero-order valence-electron chi connectivity index (χ0n) is 16.5. The van der Waals surface area contributed by atoms with Crippen LogP contribution in [-0.4, -0.2) is 29.5 Å². The summed E-state index contributed by atoms with van der Waals surface area (Å²) in [5, 5.41) is 4.03. The van der Waals surface area contributed by atoms with E-state index in [0.717, 1.165) is 6.07 Å². The van der Waals surface area contributed by atoms with Crippen molar-refractivity contribution in [2.24, 2.45) is 0 Å². The highest BCUT2D eigenvalue weighted by Gasteiger charge is 2.21. The third-order valence-corrected chi connectivity index (χ3v) is 5.50. The van der Waals surface area contributed by atoms with E-state index in [1.807, 2.05) is 6.92 Å². The Morgan fingerprint density at radius 3 is 2.78 bits per heavy atom. The zero-order valence-corrected chi connectivity index (χ0v) is 18.0. The van der Waals surface area contributed by atoms with Crippen LogP contribution in [0.4, 0.5) is 10.2 Å². The van der Waals surface area contributed by atoms with Gasteiger partial charge in [0.1, 0.15) is 23.5 Å². The summed E-state index contributed by atoms with van der Waals surface area (Å²) >= 11 is 12.5. The van der Waals surface area contributed by atoms with Crippen LogP contribution in [0.2, 0.25) is 10.0 Å². The van der Waals surface area contributed by atoms with Crippen LogP contribution in [0.5, 0.6) is 0 Å². The molecule has 0 saturated heterocycles. The summed E-state index contributed by atoms with van der Waals surface area (Å²) < 4.78 is 15.2. The Bertz CT molecular complexity index is 1550. The van der Waals surface area contributed by atoms with E-state index in [1.54, 1.807) is 12.1 Å². The van der Waals surface area contributed by atoms with Crippen LogP contribution in [0, 0.1) is 5.82 Å². The second-order valence-corrected chi connectivity index (χ2v) is 7.90. The fraction of sp³-hybridized carbons (Fsp3) is 0.0952. The van der Waals surface area contributed by atoms with Gasteiger partial charge >= 0.3 is 0 Å². The van der Waals surface area contributed by atoms with Gasteiger partial charge in [-0.2, -0.15) is 0 Å². The lowest BCUT2D eigenvalue weighted by atomic mass is 10.2. The molecule has 0 fully saturated rings. The molecular formula is C21H14Cl2FN7O. The molecule has 0 radical (unpaired) electrons. The highest BCUT2D eigenvalue weighted by atomic mass is 35.5. The van der Waals surface area contributed by atoms with Gasteiger partial charge in [-0.05, 0) is 43.3 Å². The summed E-state index contributed by atoms with van der Waals surface area (Å²) in [5.74, 6) is 0.276. The van der Waals surface area contributed by atoms with Crippen molar-refractivity contribution in [3.8, 4) is 5.69 Å². The first-order valence-corrected chi connectivity index (χ1v) is 10.3. The topological polar surface area (TPSA) is 101 Å². The molecular weight excluding hydrogens is 456 g/mol. The Morgan fingerprint density at radius 2 is 1.97 bits per heavy atom. The van der Waals surface area contributed by atoms with E-state index < -0.39 is 17.4 Å². The lowest BCUT2D eigenvalue weighted by Gasteiger charge is -2.20. The molecule has 2 N–H and O–H groups in total. The molecule has 0 saturated carbocycles. The van der Waals surface area contributed by atoms with Crippen molar-refractivity contribution in [1.82, 2.24) is 29.5 Å². The molecule has 32 heavy (non-hydrogen) atoms. The third-order valence-electron chi connectivity index (χ3n) is 4.96. The van der Waals surface area contributed by atoms with Gasteiger partial charge in [0, 0.05) is 5.02 Å². The molecule has 1 unspecified atom stereocenters. The van der Waals surface area contributed by atoms with Gasteiger partial charge in [-0.1, -0.05) is 23.2 Å². The molecule has 0 aliphatic rings. The number of halogens is 3. The van der Waals surface area contributed by atoms with Crippen molar-refractivity contribution in [3.63, 3.8) is 0 Å². The summed E-state index contributed by atoms with van der Waals surface area (Å²) in [7, 11) is 0. The molecule has 0 bridgehead atoms. The van der Waals surface area contributed by atoms with Crippen molar-refractivity contribution in [2.45, 2.75) is 13.0 Å². The first-order chi connectivity index (χ1) is 15.4. The molecule has 0 aliphatic carbocycles. The van der Waals surface area contributed by atoms with E-state index in [0.29, 0.717) is 39.0 Å². The van der Waals surface area contributed by atoms with E-state index in [-0.39, 0.29) is 10.4 Å². The van der Waals surface area contributed by atoms with Crippen LogP contribution >= 0.6 is 23.2 Å². The Hall–Kier alpha value is -3.56. The molecule has 0 aliphatic heterocycles. The number of aromatic nitrogens is 6. The molecule has 2 aromatic carbocycles. The van der Waals surface area contributed by atoms with Gasteiger partial charge in [-0.15, -0.1) is 0 Å². The maximum atomic E-state index is 13.9. The van der Waals surface area contributed by atoms with Crippen LogP contribution in [0.25, 0.3) is 27.8 Å². The van der Waals surface area contributed by atoms with Gasteiger partial charge in [0.2, 0.25) is 0 Å². The summed E-state index contributed by atoms with van der Waals surface area (Å²) in [6.45, 7) is 1.82. The Kier molecular flexibility index (Phi) is 4.99. The highest BCUT2D eigenvalue weighted by molar-refractivity contribution is 6.35. The largest absolute Gasteiger partial charge is 0.358 e. The molecule has 5 rings (SSSR count). The molecule has 0 amide bonds. The monoisotopic (exact) mass is 469 g/mol. The van der Waals surface area contributed by atoms with E-state index in [1.165, 1.54) is 35.4 Å². The lowest BCUT2D eigenvalue weighted by molar-refractivity contribution is 0.629. The van der Waals surface area contributed by atoms with Crippen molar-refractivity contribution >= 4 is 51.1 Å². The number of rotatable bonds is 4. The third kappa shape index (κ3) is 3.45. The first-order valence-electron chi connectivity index (χ1n) is 9.50. The Morgan fingerprint density at radius 1 is 1.12 bits per heavy atom. The number of imidazole rings is 1. The minimum atomic E-state index is -0.536.